The number of anilines is 1. The number of thiazole rings is 1. The first kappa shape index (κ1) is 22.2. The first-order chi connectivity index (χ1) is 14.5. The monoisotopic (exact) mass is 432 g/mol. The van der Waals surface area contributed by atoms with Crippen molar-refractivity contribution in [2.24, 2.45) is 0 Å². The first-order valence-electron chi connectivity index (χ1n) is 9.95. The Morgan fingerprint density at radius 3 is 2.63 bits per heavy atom. The van der Waals surface area contributed by atoms with Crippen LogP contribution in [0.15, 0.2) is 35.7 Å². The van der Waals surface area contributed by atoms with E-state index in [1.54, 1.807) is 22.3 Å². The van der Waals surface area contributed by atoms with Crippen LogP contribution in [0.5, 0.6) is 0 Å². The summed E-state index contributed by atoms with van der Waals surface area (Å²) < 4.78 is 10.8. The zero-order valence-electron chi connectivity index (χ0n) is 17.5. The van der Waals surface area contributed by atoms with E-state index in [4.69, 9.17) is 9.47 Å². The van der Waals surface area contributed by atoms with Crippen molar-refractivity contribution in [2.45, 2.75) is 32.6 Å². The molecule has 30 heavy (non-hydrogen) atoms. The maximum absolute atomic E-state index is 12.8. The molecular weight excluding hydrogens is 404 g/mol. The van der Waals surface area contributed by atoms with E-state index < -0.39 is 0 Å². The number of carbonyl (C=O) groups is 2. The van der Waals surface area contributed by atoms with E-state index in [0.29, 0.717) is 43.5 Å². The van der Waals surface area contributed by atoms with Crippen LogP contribution in [0.25, 0.3) is 0 Å². The summed E-state index contributed by atoms with van der Waals surface area (Å²) in [6.45, 7) is 6.14. The number of rotatable bonds is 7. The molecule has 9 heteroatoms. The molecule has 1 aromatic carbocycles. The summed E-state index contributed by atoms with van der Waals surface area (Å²) in [6.07, 6.45) is 0.00375. The minimum Gasteiger partial charge on any atom is -0.383 e. The second-order valence-electron chi connectivity index (χ2n) is 7.30. The molecule has 2 atom stereocenters. The third-order valence-corrected chi connectivity index (χ3v) is 5.51. The fourth-order valence-electron chi connectivity index (χ4n) is 3.33. The zero-order valence-corrected chi connectivity index (χ0v) is 18.4. The molecule has 2 unspecified atom stereocenters. The number of amides is 3. The van der Waals surface area contributed by atoms with Crippen LogP contribution in [0.3, 0.4) is 0 Å². The number of morpholine rings is 1. The van der Waals surface area contributed by atoms with Gasteiger partial charge in [-0.15, -0.1) is 11.3 Å². The van der Waals surface area contributed by atoms with E-state index in [9.17, 15) is 9.59 Å². The van der Waals surface area contributed by atoms with E-state index in [1.807, 2.05) is 44.2 Å². The van der Waals surface area contributed by atoms with Crippen LogP contribution >= 0.6 is 11.3 Å². The summed E-state index contributed by atoms with van der Waals surface area (Å²) in [5.74, 6) is -0.100. The second-order valence-corrected chi connectivity index (χ2v) is 8.25. The fourth-order valence-corrected chi connectivity index (χ4v) is 4.11. The minimum absolute atomic E-state index is 0.00187. The van der Waals surface area contributed by atoms with Crippen molar-refractivity contribution in [2.75, 3.05) is 38.7 Å². The van der Waals surface area contributed by atoms with Gasteiger partial charge in [0.25, 0.3) is 5.91 Å². The molecule has 0 spiro atoms. The van der Waals surface area contributed by atoms with Crippen LogP contribution in [-0.2, 0) is 16.0 Å². The molecule has 1 aliphatic heterocycles. The maximum atomic E-state index is 12.8. The summed E-state index contributed by atoms with van der Waals surface area (Å²) in [5.41, 5.74) is 1.13. The lowest BCUT2D eigenvalue weighted by molar-refractivity contribution is -0.0587. The molecule has 2 aromatic rings. The van der Waals surface area contributed by atoms with Crippen LogP contribution in [-0.4, -0.2) is 72.3 Å². The number of nitrogens with one attached hydrogen (secondary N) is 1. The standard InChI is InChI=1S/C21H28N4O4S/c1-15-11-25(12-16(2)29-15)20(26)18-14-30-19(23-18)13-24(9-10-28-3)21(27)22-17-7-5-4-6-8-17/h4-8,14-16H,9-13H2,1-3H3,(H,22,27). The van der Waals surface area contributed by atoms with Crippen LogP contribution in [0.1, 0.15) is 29.3 Å². The normalized spacial score (nSPS) is 18.8. The Morgan fingerprint density at radius 1 is 1.27 bits per heavy atom. The van der Waals surface area contributed by atoms with Crippen molar-refractivity contribution in [3.05, 3.63) is 46.4 Å². The predicted octanol–water partition coefficient (Wildman–Crippen LogP) is 3.07. The number of urea groups is 1. The molecule has 1 aromatic heterocycles. The third-order valence-electron chi connectivity index (χ3n) is 4.68. The average Bonchev–Trinajstić information content (AvgIpc) is 3.19. The molecule has 3 amide bonds. The van der Waals surface area contributed by atoms with Crippen molar-refractivity contribution < 1.29 is 19.1 Å². The molecule has 0 bridgehead atoms. The fraction of sp³-hybridized carbons (Fsp3) is 0.476. The summed E-state index contributed by atoms with van der Waals surface area (Å²) >= 11 is 1.38. The van der Waals surface area contributed by atoms with E-state index >= 15 is 0 Å². The van der Waals surface area contributed by atoms with Crippen molar-refractivity contribution in [1.82, 2.24) is 14.8 Å². The number of carbonyl (C=O) groups excluding carboxylic acids is 2. The van der Waals surface area contributed by atoms with Gasteiger partial charge in [-0.2, -0.15) is 0 Å². The molecular formula is C21H28N4O4S. The Labute approximate surface area is 180 Å². The molecule has 8 nitrogen and oxygen atoms in total. The van der Waals surface area contributed by atoms with Gasteiger partial charge < -0.3 is 24.6 Å². The molecule has 3 rings (SSSR count). The highest BCUT2D eigenvalue weighted by molar-refractivity contribution is 7.09. The van der Waals surface area contributed by atoms with Crippen molar-refractivity contribution in [1.29, 1.82) is 0 Å². The molecule has 1 fully saturated rings. The van der Waals surface area contributed by atoms with Gasteiger partial charge in [0.15, 0.2) is 0 Å². The Balaban J connectivity index is 1.65. The first-order valence-corrected chi connectivity index (χ1v) is 10.8. The Kier molecular flexibility index (Phi) is 7.78. The SMILES string of the molecule is COCCN(Cc1nc(C(=O)N2CC(C)OC(C)C2)cs1)C(=O)Nc1ccccc1. The number of aromatic nitrogens is 1. The van der Waals surface area contributed by atoms with E-state index in [1.165, 1.54) is 11.3 Å². The summed E-state index contributed by atoms with van der Waals surface area (Å²) in [4.78, 5) is 33.5. The average molecular weight is 433 g/mol. The van der Waals surface area contributed by atoms with Gasteiger partial charge >= 0.3 is 6.03 Å². The Hall–Kier alpha value is -2.49. The lowest BCUT2D eigenvalue weighted by Crippen LogP contribution is -2.48. The number of para-hydroxylation sites is 1. The lowest BCUT2D eigenvalue weighted by atomic mass is 10.2. The molecule has 1 N–H and O–H groups in total. The van der Waals surface area contributed by atoms with Crippen molar-refractivity contribution in [3.63, 3.8) is 0 Å². The molecule has 162 valence electrons. The van der Waals surface area contributed by atoms with Gasteiger partial charge in [0.05, 0.1) is 25.4 Å². The molecule has 0 saturated carbocycles. The maximum Gasteiger partial charge on any atom is 0.322 e. The lowest BCUT2D eigenvalue weighted by Gasteiger charge is -2.34. The number of methoxy groups -OCH3 is 1. The van der Waals surface area contributed by atoms with Crippen molar-refractivity contribution in [3.8, 4) is 0 Å². The molecule has 1 aliphatic rings. The minimum atomic E-state index is -0.239. The highest BCUT2D eigenvalue weighted by atomic mass is 32.1. The number of nitrogens with zero attached hydrogens (tertiary/aromatic N) is 3. The Bertz CT molecular complexity index is 835. The van der Waals surface area contributed by atoms with Gasteiger partial charge in [0.1, 0.15) is 10.7 Å². The molecule has 1 saturated heterocycles. The zero-order chi connectivity index (χ0) is 21.5. The van der Waals surface area contributed by atoms with Gasteiger partial charge in [-0.05, 0) is 26.0 Å². The molecule has 0 radical (unpaired) electrons. The van der Waals surface area contributed by atoms with Crippen molar-refractivity contribution >= 4 is 29.0 Å². The largest absolute Gasteiger partial charge is 0.383 e. The number of hydrogen-bond donors (Lipinski definition) is 1. The molecule has 0 aliphatic carbocycles. The summed E-state index contributed by atoms with van der Waals surface area (Å²) in [6, 6.07) is 9.04. The highest BCUT2D eigenvalue weighted by Crippen LogP contribution is 2.18. The van der Waals surface area contributed by atoms with E-state index in [2.05, 4.69) is 10.3 Å². The molecule has 2 heterocycles. The van der Waals surface area contributed by atoms with E-state index in [-0.39, 0.29) is 24.1 Å². The highest BCUT2D eigenvalue weighted by Gasteiger charge is 2.28. The predicted molar refractivity (Wildman–Crippen MR) is 116 cm³/mol. The second kappa shape index (κ2) is 10.5. The van der Waals surface area contributed by atoms with Gasteiger partial charge in [0.2, 0.25) is 0 Å². The van der Waals surface area contributed by atoms with Gasteiger partial charge in [0, 0.05) is 37.8 Å². The number of ether oxygens (including phenoxy) is 2. The Morgan fingerprint density at radius 2 is 1.97 bits per heavy atom. The van der Waals surface area contributed by atoms with E-state index in [0.717, 1.165) is 5.69 Å². The van der Waals surface area contributed by atoms with Gasteiger partial charge in [-0.25, -0.2) is 9.78 Å². The summed E-state index contributed by atoms with van der Waals surface area (Å²) in [5, 5.41) is 5.34. The third kappa shape index (κ3) is 6.01. The topological polar surface area (TPSA) is 84.0 Å². The van der Waals surface area contributed by atoms with Crippen LogP contribution in [0.4, 0.5) is 10.5 Å². The quantitative estimate of drug-likeness (QED) is 0.727. The van der Waals surface area contributed by atoms with Crippen LogP contribution < -0.4 is 5.32 Å². The number of hydrogen-bond acceptors (Lipinski definition) is 6. The smallest absolute Gasteiger partial charge is 0.322 e. The van der Waals surface area contributed by atoms with Crippen LogP contribution in [0.2, 0.25) is 0 Å². The van der Waals surface area contributed by atoms with Gasteiger partial charge in [-0.3, -0.25) is 4.79 Å². The number of benzene rings is 1. The van der Waals surface area contributed by atoms with Crippen LogP contribution in [0, 0.1) is 0 Å². The van der Waals surface area contributed by atoms with Gasteiger partial charge in [-0.1, -0.05) is 18.2 Å². The summed E-state index contributed by atoms with van der Waals surface area (Å²) in [7, 11) is 1.60.